The number of guanidine groups is 1. The van der Waals surface area contributed by atoms with Gasteiger partial charge in [0.25, 0.3) is 5.91 Å². The van der Waals surface area contributed by atoms with Gasteiger partial charge in [0.2, 0.25) is 0 Å². The first kappa shape index (κ1) is 24.4. The molecule has 0 unspecified atom stereocenters. The lowest BCUT2D eigenvalue weighted by atomic mass is 9.83. The predicted octanol–water partition coefficient (Wildman–Crippen LogP) is 3.79. The summed E-state index contributed by atoms with van der Waals surface area (Å²) in [5.41, 5.74) is 13.9. The molecule has 3 aromatic rings. The van der Waals surface area contributed by atoms with Crippen molar-refractivity contribution in [2.75, 3.05) is 6.54 Å². The largest absolute Gasteiger partial charge is 0.369 e. The average Bonchev–Trinajstić information content (AvgIpc) is 3.15. The zero-order valence-electron chi connectivity index (χ0n) is 19.8. The second-order valence-corrected chi connectivity index (χ2v) is 8.94. The fraction of sp³-hybridized carbons (Fsp3) is 0.276. The fourth-order valence-corrected chi connectivity index (χ4v) is 4.61. The molecule has 35 heavy (non-hydrogen) atoms. The van der Waals surface area contributed by atoms with Crippen LogP contribution in [0.25, 0.3) is 0 Å². The molecule has 180 valence electrons. The van der Waals surface area contributed by atoms with Gasteiger partial charge in [-0.3, -0.25) is 14.5 Å². The van der Waals surface area contributed by atoms with Crippen LogP contribution in [0.3, 0.4) is 0 Å². The number of aliphatic imine (C=N–C) groups is 1. The van der Waals surface area contributed by atoms with Crippen molar-refractivity contribution in [3.05, 3.63) is 108 Å². The third-order valence-electron chi connectivity index (χ3n) is 6.51. The molecule has 1 amide bonds. The minimum atomic E-state index is -1.17. The monoisotopic (exact) mass is 468 g/mol. The number of carbonyl (C=O) groups excluding carboxylic acids is 2. The van der Waals surface area contributed by atoms with Crippen LogP contribution in [-0.2, 0) is 21.5 Å². The van der Waals surface area contributed by atoms with E-state index in [0.29, 0.717) is 19.4 Å². The highest BCUT2D eigenvalue weighted by Crippen LogP contribution is 2.39. The number of carbonyl (C=O) groups is 2. The average molecular weight is 469 g/mol. The fourth-order valence-electron chi connectivity index (χ4n) is 4.61. The van der Waals surface area contributed by atoms with Crippen LogP contribution in [-0.4, -0.2) is 35.1 Å². The maximum absolute atomic E-state index is 13.7. The molecule has 0 saturated heterocycles. The van der Waals surface area contributed by atoms with E-state index in [9.17, 15) is 9.59 Å². The van der Waals surface area contributed by atoms with Crippen molar-refractivity contribution >= 4 is 17.6 Å². The number of hydrogen-bond donors (Lipinski definition) is 2. The number of amides is 1. The van der Waals surface area contributed by atoms with E-state index in [4.69, 9.17) is 16.5 Å². The van der Waals surface area contributed by atoms with Crippen molar-refractivity contribution in [3.63, 3.8) is 0 Å². The van der Waals surface area contributed by atoms with E-state index in [1.807, 2.05) is 91.0 Å². The highest BCUT2D eigenvalue weighted by atomic mass is 16.2. The predicted molar refractivity (Wildman–Crippen MR) is 139 cm³/mol. The van der Waals surface area contributed by atoms with E-state index >= 15 is 0 Å². The zero-order chi connectivity index (χ0) is 24.7. The molecule has 0 aliphatic carbocycles. The summed E-state index contributed by atoms with van der Waals surface area (Å²) in [6.07, 6.45) is 3.23. The molecular weight excluding hydrogens is 436 g/mol. The Kier molecular flexibility index (Phi) is 7.73. The van der Waals surface area contributed by atoms with Gasteiger partial charge in [-0.15, -0.1) is 0 Å². The van der Waals surface area contributed by atoms with Gasteiger partial charge in [0, 0.05) is 13.0 Å². The summed E-state index contributed by atoms with van der Waals surface area (Å²) >= 11 is 0. The van der Waals surface area contributed by atoms with Gasteiger partial charge in [0.1, 0.15) is 5.78 Å². The quantitative estimate of drug-likeness (QED) is 0.418. The Hall–Kier alpha value is -3.77. The Bertz CT molecular complexity index is 1120. The Morgan fingerprint density at radius 2 is 1.37 bits per heavy atom. The van der Waals surface area contributed by atoms with Gasteiger partial charge in [-0.25, -0.2) is 4.99 Å². The lowest BCUT2D eigenvalue weighted by Gasteiger charge is -2.27. The van der Waals surface area contributed by atoms with Crippen LogP contribution in [0.5, 0.6) is 0 Å². The van der Waals surface area contributed by atoms with Crippen LogP contribution in [0, 0.1) is 0 Å². The lowest BCUT2D eigenvalue weighted by molar-refractivity contribution is -0.130. The van der Waals surface area contributed by atoms with E-state index in [1.165, 1.54) is 0 Å². The first-order chi connectivity index (χ1) is 17.0. The number of unbranched alkanes of at least 4 members (excludes halogenated alkanes) is 2. The smallest absolute Gasteiger partial charge is 0.266 e. The first-order valence-electron chi connectivity index (χ1n) is 12.1. The minimum Gasteiger partial charge on any atom is -0.369 e. The summed E-state index contributed by atoms with van der Waals surface area (Å²) in [4.78, 5) is 32.5. The minimum absolute atomic E-state index is 0.0688. The topological polar surface area (TPSA) is 102 Å². The number of rotatable bonds is 11. The van der Waals surface area contributed by atoms with Gasteiger partial charge < -0.3 is 11.5 Å². The molecule has 4 rings (SSSR count). The summed E-state index contributed by atoms with van der Waals surface area (Å²) in [7, 11) is 0. The van der Waals surface area contributed by atoms with Crippen molar-refractivity contribution in [2.45, 2.75) is 43.7 Å². The third kappa shape index (κ3) is 5.33. The lowest BCUT2D eigenvalue weighted by Crippen LogP contribution is -2.44. The molecule has 3 aromatic carbocycles. The second kappa shape index (κ2) is 11.1. The highest BCUT2D eigenvalue weighted by molar-refractivity contribution is 6.09. The molecule has 0 bridgehead atoms. The van der Waals surface area contributed by atoms with E-state index in [1.54, 1.807) is 4.90 Å². The summed E-state index contributed by atoms with van der Waals surface area (Å²) in [6, 6.07) is 28.4. The van der Waals surface area contributed by atoms with Crippen molar-refractivity contribution in [2.24, 2.45) is 16.5 Å². The van der Waals surface area contributed by atoms with Gasteiger partial charge >= 0.3 is 0 Å². The number of nitrogens with two attached hydrogens (primary N) is 2. The normalized spacial score (nSPS) is 15.6. The van der Waals surface area contributed by atoms with Crippen LogP contribution in [0.2, 0.25) is 0 Å². The van der Waals surface area contributed by atoms with Gasteiger partial charge in [0.15, 0.2) is 11.5 Å². The van der Waals surface area contributed by atoms with Crippen molar-refractivity contribution in [1.29, 1.82) is 0 Å². The van der Waals surface area contributed by atoms with Gasteiger partial charge in [-0.05, 0) is 36.0 Å². The molecule has 4 N–H and O–H groups in total. The second-order valence-electron chi connectivity index (χ2n) is 8.94. The maximum Gasteiger partial charge on any atom is 0.266 e. The van der Waals surface area contributed by atoms with E-state index in [-0.39, 0.29) is 17.6 Å². The Labute approximate surface area is 206 Å². The standard InChI is InChI=1S/C29H32N4O2/c30-25(21-22-13-5-1-6-14-22)26(34)19-11-4-12-20-33-27(35)29(32-28(33)31,23-15-7-2-8-16-23)24-17-9-3-10-18-24/h1-3,5-10,13-18,25H,4,11-12,19-21,30H2,(H2,31,32)/t25-/m1/s1. The van der Waals surface area contributed by atoms with Gasteiger partial charge in [0.05, 0.1) is 6.04 Å². The van der Waals surface area contributed by atoms with E-state index in [2.05, 4.69) is 0 Å². The molecule has 1 heterocycles. The number of ketones is 1. The van der Waals surface area contributed by atoms with E-state index < -0.39 is 11.6 Å². The van der Waals surface area contributed by atoms with Crippen LogP contribution in [0.1, 0.15) is 42.4 Å². The van der Waals surface area contributed by atoms with Crippen molar-refractivity contribution < 1.29 is 9.59 Å². The molecule has 1 aliphatic heterocycles. The van der Waals surface area contributed by atoms with Crippen molar-refractivity contribution in [3.8, 4) is 0 Å². The number of Topliss-reactive ketones (excluding diaryl/α,β-unsaturated/α-hetero) is 1. The molecule has 0 saturated carbocycles. The van der Waals surface area contributed by atoms with E-state index in [0.717, 1.165) is 36.0 Å². The molecule has 0 radical (unpaired) electrons. The summed E-state index contributed by atoms with van der Waals surface area (Å²) in [5, 5.41) is 0. The van der Waals surface area contributed by atoms with Crippen molar-refractivity contribution in [1.82, 2.24) is 4.90 Å². The molecule has 0 spiro atoms. The van der Waals surface area contributed by atoms with Crippen LogP contribution < -0.4 is 11.5 Å². The Morgan fingerprint density at radius 3 is 1.94 bits per heavy atom. The Morgan fingerprint density at radius 1 is 0.829 bits per heavy atom. The van der Waals surface area contributed by atoms with Crippen LogP contribution in [0.4, 0.5) is 0 Å². The summed E-state index contributed by atoms with van der Waals surface area (Å²) in [5.74, 6) is 0.149. The molecular formula is C29H32N4O2. The van der Waals surface area contributed by atoms with Gasteiger partial charge in [-0.1, -0.05) is 97.4 Å². The molecule has 6 heteroatoms. The highest BCUT2D eigenvalue weighted by Gasteiger charge is 2.50. The van der Waals surface area contributed by atoms with Crippen LogP contribution >= 0.6 is 0 Å². The summed E-state index contributed by atoms with van der Waals surface area (Å²) < 4.78 is 0. The third-order valence-corrected chi connectivity index (χ3v) is 6.51. The first-order valence-corrected chi connectivity index (χ1v) is 12.1. The summed E-state index contributed by atoms with van der Waals surface area (Å²) in [6.45, 7) is 0.458. The van der Waals surface area contributed by atoms with Gasteiger partial charge in [-0.2, -0.15) is 0 Å². The number of nitrogens with zero attached hydrogens (tertiary/aromatic N) is 2. The number of benzene rings is 3. The molecule has 6 nitrogen and oxygen atoms in total. The number of hydrogen-bond acceptors (Lipinski definition) is 5. The molecule has 0 aromatic heterocycles. The SMILES string of the molecule is NC1=NC(c2ccccc2)(c2ccccc2)C(=O)N1CCCCCC(=O)[C@H](N)Cc1ccccc1. The Balaban J connectivity index is 1.34. The molecule has 0 fully saturated rings. The molecule has 1 atom stereocenters. The maximum atomic E-state index is 13.7. The zero-order valence-corrected chi connectivity index (χ0v) is 19.8. The molecule has 1 aliphatic rings. The van der Waals surface area contributed by atoms with Crippen LogP contribution in [0.15, 0.2) is 96.0 Å².